The van der Waals surface area contributed by atoms with Gasteiger partial charge in [0.15, 0.2) is 5.78 Å². The smallest absolute Gasteiger partial charge is 0.209 e. The number of ketones is 1. The molecule has 3 aromatic rings. The molecule has 1 aromatic carbocycles. The number of thioether (sulfide) groups is 1. The van der Waals surface area contributed by atoms with E-state index in [2.05, 4.69) is 15.2 Å². The minimum atomic E-state index is -0.507. The van der Waals surface area contributed by atoms with Gasteiger partial charge in [0.25, 0.3) is 0 Å². The van der Waals surface area contributed by atoms with Crippen molar-refractivity contribution in [3.8, 4) is 0 Å². The van der Waals surface area contributed by atoms with Crippen molar-refractivity contribution in [3.63, 3.8) is 0 Å². The summed E-state index contributed by atoms with van der Waals surface area (Å²) in [5.74, 6) is -0.0900. The van der Waals surface area contributed by atoms with Crippen LogP contribution in [0.25, 0.3) is 12.2 Å². The summed E-state index contributed by atoms with van der Waals surface area (Å²) in [4.78, 5) is 17.4. The number of H-pyrrole nitrogens is 1. The molecular formula is C16H12FN3OS2. The first kappa shape index (κ1) is 15.6. The monoisotopic (exact) mass is 345 g/mol. The van der Waals surface area contributed by atoms with Crippen LogP contribution >= 0.6 is 23.1 Å². The van der Waals surface area contributed by atoms with E-state index in [1.54, 1.807) is 23.5 Å². The molecule has 0 aliphatic carbocycles. The van der Waals surface area contributed by atoms with Gasteiger partial charge in [0.2, 0.25) is 5.16 Å². The van der Waals surface area contributed by atoms with Crippen LogP contribution in [0.15, 0.2) is 46.9 Å². The Hall–Kier alpha value is -2.25. The lowest BCUT2D eigenvalue weighted by Crippen LogP contribution is -2.05. The van der Waals surface area contributed by atoms with E-state index in [4.69, 9.17) is 0 Å². The maximum atomic E-state index is 13.5. The molecule has 0 bridgehead atoms. The fraction of sp³-hybridized carbons (Fsp3) is 0.0625. The van der Waals surface area contributed by atoms with E-state index in [0.717, 1.165) is 4.88 Å². The van der Waals surface area contributed by atoms with Gasteiger partial charge in [0.1, 0.15) is 11.6 Å². The lowest BCUT2D eigenvalue weighted by molar-refractivity contribution is 0.101. The second-order valence-corrected chi connectivity index (χ2v) is 6.47. The van der Waals surface area contributed by atoms with Gasteiger partial charge in [-0.15, -0.1) is 16.4 Å². The topological polar surface area (TPSA) is 58.6 Å². The number of halogens is 1. The number of thiophene rings is 1. The molecule has 0 fully saturated rings. The average Bonchev–Trinajstić information content (AvgIpc) is 3.22. The van der Waals surface area contributed by atoms with Gasteiger partial charge in [0.05, 0.1) is 11.3 Å². The average molecular weight is 345 g/mol. The van der Waals surface area contributed by atoms with E-state index in [1.165, 1.54) is 23.9 Å². The van der Waals surface area contributed by atoms with Gasteiger partial charge >= 0.3 is 0 Å². The summed E-state index contributed by atoms with van der Waals surface area (Å²) in [5, 5.41) is 9.29. The Labute approximate surface area is 140 Å². The van der Waals surface area contributed by atoms with E-state index in [-0.39, 0.29) is 17.1 Å². The zero-order valence-corrected chi connectivity index (χ0v) is 13.5. The molecule has 0 saturated carbocycles. The molecule has 4 nitrogen and oxygen atoms in total. The summed E-state index contributed by atoms with van der Waals surface area (Å²) in [6.07, 6.45) is 3.76. The third kappa shape index (κ3) is 4.14. The Morgan fingerprint density at radius 1 is 1.26 bits per heavy atom. The summed E-state index contributed by atoms with van der Waals surface area (Å²) in [5.41, 5.74) is 0.0911. The Morgan fingerprint density at radius 2 is 2.13 bits per heavy atom. The molecule has 7 heteroatoms. The number of aromatic amines is 1. The van der Waals surface area contributed by atoms with Crippen LogP contribution in [-0.4, -0.2) is 26.7 Å². The van der Waals surface area contributed by atoms with Crippen molar-refractivity contribution in [2.45, 2.75) is 5.16 Å². The molecule has 0 aliphatic heterocycles. The van der Waals surface area contributed by atoms with Crippen molar-refractivity contribution in [1.29, 1.82) is 0 Å². The molecule has 0 radical (unpaired) electrons. The van der Waals surface area contributed by atoms with E-state index in [1.807, 2.05) is 29.7 Å². The van der Waals surface area contributed by atoms with Gasteiger partial charge in [-0.2, -0.15) is 0 Å². The predicted molar refractivity (Wildman–Crippen MR) is 91.1 cm³/mol. The third-order valence-corrected chi connectivity index (χ3v) is 4.62. The number of aromatic nitrogens is 3. The molecule has 0 spiro atoms. The predicted octanol–water partition coefficient (Wildman–Crippen LogP) is 4.15. The Kier molecular flexibility index (Phi) is 4.99. The zero-order chi connectivity index (χ0) is 16.1. The summed E-state index contributed by atoms with van der Waals surface area (Å²) >= 11 is 2.80. The third-order valence-electron chi connectivity index (χ3n) is 2.94. The number of hydrogen-bond donors (Lipinski definition) is 1. The normalized spacial score (nSPS) is 11.2. The lowest BCUT2D eigenvalue weighted by atomic mass is 10.1. The fourth-order valence-corrected chi connectivity index (χ4v) is 3.15. The van der Waals surface area contributed by atoms with E-state index < -0.39 is 5.82 Å². The first-order valence-electron chi connectivity index (χ1n) is 6.77. The molecule has 116 valence electrons. The number of nitrogens with zero attached hydrogens (tertiary/aromatic N) is 2. The lowest BCUT2D eigenvalue weighted by Gasteiger charge is -2.00. The minimum Gasteiger partial charge on any atom is -0.293 e. The van der Waals surface area contributed by atoms with Crippen molar-refractivity contribution >= 4 is 41.0 Å². The molecule has 2 heterocycles. The van der Waals surface area contributed by atoms with Crippen LogP contribution in [0.1, 0.15) is 21.1 Å². The first-order valence-corrected chi connectivity index (χ1v) is 8.63. The number of nitrogens with one attached hydrogen (secondary N) is 1. The van der Waals surface area contributed by atoms with Gasteiger partial charge in [-0.25, -0.2) is 9.37 Å². The van der Waals surface area contributed by atoms with Gasteiger partial charge < -0.3 is 0 Å². The largest absolute Gasteiger partial charge is 0.293 e. The number of carbonyl (C=O) groups is 1. The highest BCUT2D eigenvalue weighted by Crippen LogP contribution is 2.17. The first-order chi connectivity index (χ1) is 11.2. The second-order valence-electron chi connectivity index (χ2n) is 4.54. The molecule has 1 N–H and O–H groups in total. The number of hydrogen-bond acceptors (Lipinski definition) is 5. The van der Waals surface area contributed by atoms with Crippen molar-refractivity contribution in [2.24, 2.45) is 0 Å². The quantitative estimate of drug-likeness (QED) is 0.538. The van der Waals surface area contributed by atoms with Crippen molar-refractivity contribution in [3.05, 3.63) is 63.9 Å². The van der Waals surface area contributed by atoms with Crippen LogP contribution in [0.3, 0.4) is 0 Å². The van der Waals surface area contributed by atoms with E-state index >= 15 is 0 Å². The maximum absolute atomic E-state index is 13.5. The SMILES string of the molecule is O=C(CSc1n[nH]c(C=Cc2cccs2)n1)c1ccccc1F. The molecule has 0 amide bonds. The molecule has 0 unspecified atom stereocenters. The standard InChI is InChI=1S/C16H12FN3OS2/c17-13-6-2-1-5-12(13)14(21)10-23-16-18-15(19-20-16)8-7-11-4-3-9-22-11/h1-9H,10H2,(H,18,19,20). The van der Waals surface area contributed by atoms with Crippen LogP contribution in [0.4, 0.5) is 4.39 Å². The van der Waals surface area contributed by atoms with Crippen LogP contribution in [0, 0.1) is 5.82 Å². The van der Waals surface area contributed by atoms with E-state index in [9.17, 15) is 9.18 Å². The number of benzene rings is 1. The maximum Gasteiger partial charge on any atom is 0.209 e. The van der Waals surface area contributed by atoms with Crippen LogP contribution in [-0.2, 0) is 0 Å². The molecule has 23 heavy (non-hydrogen) atoms. The summed E-state index contributed by atoms with van der Waals surface area (Å²) in [6.45, 7) is 0. The van der Waals surface area contributed by atoms with Gasteiger partial charge in [-0.05, 0) is 35.7 Å². The van der Waals surface area contributed by atoms with Crippen LogP contribution in [0.5, 0.6) is 0 Å². The van der Waals surface area contributed by atoms with Gasteiger partial charge in [-0.1, -0.05) is 30.0 Å². The van der Waals surface area contributed by atoms with Crippen molar-refractivity contribution < 1.29 is 9.18 Å². The fourth-order valence-electron chi connectivity index (χ4n) is 1.84. The number of rotatable bonds is 6. The second kappa shape index (κ2) is 7.34. The van der Waals surface area contributed by atoms with Gasteiger partial charge in [-0.3, -0.25) is 9.89 Å². The molecular weight excluding hydrogens is 333 g/mol. The summed E-state index contributed by atoms with van der Waals surface area (Å²) in [7, 11) is 0. The van der Waals surface area contributed by atoms with Crippen LogP contribution < -0.4 is 0 Å². The Bertz CT molecular complexity index is 827. The molecule has 0 aliphatic rings. The highest BCUT2D eigenvalue weighted by molar-refractivity contribution is 7.99. The van der Waals surface area contributed by atoms with Gasteiger partial charge in [0, 0.05) is 4.88 Å². The Morgan fingerprint density at radius 3 is 2.91 bits per heavy atom. The summed E-state index contributed by atoms with van der Waals surface area (Å²) < 4.78 is 13.5. The molecule has 3 rings (SSSR count). The molecule has 2 aromatic heterocycles. The zero-order valence-electron chi connectivity index (χ0n) is 11.9. The van der Waals surface area contributed by atoms with Crippen molar-refractivity contribution in [2.75, 3.05) is 5.75 Å². The van der Waals surface area contributed by atoms with Crippen molar-refractivity contribution in [1.82, 2.24) is 15.2 Å². The molecule has 0 atom stereocenters. The molecule has 0 saturated heterocycles. The minimum absolute atomic E-state index is 0.0901. The number of Topliss-reactive ketones (excluding diaryl/α,β-unsaturated/α-hetero) is 1. The number of carbonyl (C=O) groups excluding carboxylic acids is 1. The highest BCUT2D eigenvalue weighted by Gasteiger charge is 2.12. The summed E-state index contributed by atoms with van der Waals surface area (Å²) in [6, 6.07) is 9.92. The van der Waals surface area contributed by atoms with E-state index in [0.29, 0.717) is 11.0 Å². The Balaban J connectivity index is 1.59. The highest BCUT2D eigenvalue weighted by atomic mass is 32.2. The van der Waals surface area contributed by atoms with Crippen LogP contribution in [0.2, 0.25) is 0 Å².